The van der Waals surface area contributed by atoms with Crippen LogP contribution < -0.4 is 5.14 Å². The third kappa shape index (κ3) is 7.47. The minimum Gasteiger partial charge on any atom is -0.598 e. The zero-order valence-corrected chi connectivity index (χ0v) is 6.00. The number of hydrogen-bond donors (Lipinski definition) is 1. The van der Waals surface area contributed by atoms with E-state index in [1.165, 1.54) is 0 Å². The van der Waals surface area contributed by atoms with Crippen molar-refractivity contribution in [1.82, 2.24) is 0 Å². The van der Waals surface area contributed by atoms with Gasteiger partial charge in [0, 0.05) is 17.8 Å². The second-order valence-electron chi connectivity index (χ2n) is 1.50. The van der Waals surface area contributed by atoms with E-state index in [-0.39, 0.29) is 12.4 Å². The maximum atomic E-state index is 10.2. The third-order valence-corrected chi connectivity index (χ3v) is 1.38. The predicted molar refractivity (Wildman–Crippen MR) is 34.8 cm³/mol. The fourth-order valence-corrected chi connectivity index (χ4v) is 0.743. The molecule has 0 fully saturated rings. The summed E-state index contributed by atoms with van der Waals surface area (Å²) in [5.41, 5.74) is 0. The van der Waals surface area contributed by atoms with Crippen molar-refractivity contribution in [2.75, 3.05) is 12.4 Å². The van der Waals surface area contributed by atoms with Crippen LogP contribution in [-0.2, 0) is 16.2 Å². The van der Waals surface area contributed by atoms with Crippen molar-refractivity contribution in [2.45, 2.75) is 6.42 Å². The van der Waals surface area contributed by atoms with Gasteiger partial charge in [0.1, 0.15) is 12.4 Å². The van der Waals surface area contributed by atoms with E-state index in [1.54, 1.807) is 0 Å². The minimum atomic E-state index is -1.38. The van der Waals surface area contributed by atoms with Crippen LogP contribution in [0.1, 0.15) is 6.42 Å². The number of hydrogen-bond acceptors (Lipinski definition) is 5. The molecular formula is C3H8N2O4S. The molecule has 0 bridgehead atoms. The topological polar surface area (TPSA) is 101 Å². The minimum absolute atomic E-state index is 0.0457. The maximum Gasteiger partial charge on any atom is 0.294 e. The molecule has 0 saturated heterocycles. The normalized spacial score (nSPS) is 12.6. The van der Waals surface area contributed by atoms with E-state index >= 15 is 0 Å². The lowest BCUT2D eigenvalue weighted by Crippen LogP contribution is -2.18. The van der Waals surface area contributed by atoms with Crippen molar-refractivity contribution in [3.05, 3.63) is 10.1 Å². The quantitative estimate of drug-likeness (QED) is 0.251. The largest absolute Gasteiger partial charge is 0.598 e. The third-order valence-electron chi connectivity index (χ3n) is 0.687. The number of nitrogens with zero attached hydrogens (tertiary/aromatic N) is 1. The van der Waals surface area contributed by atoms with Crippen LogP contribution in [0.2, 0.25) is 0 Å². The van der Waals surface area contributed by atoms with E-state index in [0.717, 1.165) is 0 Å². The highest BCUT2D eigenvalue weighted by molar-refractivity contribution is 7.89. The van der Waals surface area contributed by atoms with Gasteiger partial charge in [0.05, 0.1) is 0 Å². The summed E-state index contributed by atoms with van der Waals surface area (Å²) in [6.45, 7) is -0.0457. The van der Waals surface area contributed by atoms with Gasteiger partial charge in [0.15, 0.2) is 0 Å². The molecule has 0 radical (unpaired) electrons. The summed E-state index contributed by atoms with van der Waals surface area (Å²) in [5, 5.41) is 13.5. The van der Waals surface area contributed by atoms with Gasteiger partial charge >= 0.3 is 0 Å². The molecule has 1 atom stereocenters. The fraction of sp³-hybridized carbons (Fsp3) is 1.00. The molecule has 60 valence electrons. The Morgan fingerprint density at radius 3 is 2.70 bits per heavy atom. The number of rotatable bonds is 5. The first-order chi connectivity index (χ1) is 4.63. The van der Waals surface area contributed by atoms with Gasteiger partial charge in [-0.05, 0) is 0 Å². The summed E-state index contributed by atoms with van der Waals surface area (Å²) < 4.78 is 10.2. The molecule has 0 aromatic heterocycles. The highest BCUT2D eigenvalue weighted by atomic mass is 32.2. The molecule has 0 heterocycles. The monoisotopic (exact) mass is 168 g/mol. The zero-order valence-electron chi connectivity index (χ0n) is 5.19. The van der Waals surface area contributed by atoms with Crippen molar-refractivity contribution in [1.29, 1.82) is 0 Å². The Morgan fingerprint density at radius 1 is 1.70 bits per heavy atom. The van der Waals surface area contributed by atoms with Crippen molar-refractivity contribution >= 4 is 11.4 Å². The van der Waals surface area contributed by atoms with E-state index in [1.807, 2.05) is 0 Å². The van der Waals surface area contributed by atoms with Crippen molar-refractivity contribution in [3.8, 4) is 0 Å². The smallest absolute Gasteiger partial charge is 0.294 e. The highest BCUT2D eigenvalue weighted by Crippen LogP contribution is 1.86. The van der Waals surface area contributed by atoms with Crippen LogP contribution in [0.15, 0.2) is 0 Å². The van der Waals surface area contributed by atoms with E-state index in [9.17, 15) is 14.7 Å². The standard InChI is InChI=1S/C3H8N2O4S/c4-10(8)3-1-2-9-5(6)7/h1-4H2. The van der Waals surface area contributed by atoms with Gasteiger partial charge in [-0.25, -0.2) is 0 Å². The van der Waals surface area contributed by atoms with E-state index in [2.05, 4.69) is 4.84 Å². The average molecular weight is 168 g/mol. The molecule has 0 amide bonds. The fourth-order valence-electron chi connectivity index (χ4n) is 0.340. The highest BCUT2D eigenvalue weighted by Gasteiger charge is 1.99. The Morgan fingerprint density at radius 2 is 2.30 bits per heavy atom. The van der Waals surface area contributed by atoms with Gasteiger partial charge in [0.25, 0.3) is 5.09 Å². The molecule has 6 nitrogen and oxygen atoms in total. The molecule has 0 rings (SSSR count). The summed E-state index contributed by atoms with van der Waals surface area (Å²) >= 11 is -1.38. The van der Waals surface area contributed by atoms with E-state index in [4.69, 9.17) is 5.14 Å². The van der Waals surface area contributed by atoms with Crippen LogP contribution in [0.25, 0.3) is 0 Å². The van der Waals surface area contributed by atoms with Gasteiger partial charge in [0.2, 0.25) is 0 Å². The Hall–Kier alpha value is -0.530. The summed E-state index contributed by atoms with van der Waals surface area (Å²) in [7, 11) is 0. The molecule has 0 aliphatic heterocycles. The predicted octanol–water partition coefficient (Wildman–Crippen LogP) is -0.793. The van der Waals surface area contributed by atoms with Gasteiger partial charge in [-0.1, -0.05) is 0 Å². The first-order valence-corrected chi connectivity index (χ1v) is 3.91. The summed E-state index contributed by atoms with van der Waals surface area (Å²) in [6.07, 6.45) is 0.337. The molecule has 7 heteroatoms. The molecule has 1 unspecified atom stereocenters. The second-order valence-corrected chi connectivity index (χ2v) is 2.66. The van der Waals surface area contributed by atoms with E-state index < -0.39 is 16.4 Å². The number of nitrogens with two attached hydrogens (primary N) is 1. The molecule has 10 heavy (non-hydrogen) atoms. The van der Waals surface area contributed by atoms with Gasteiger partial charge in [-0.3, -0.25) is 0 Å². The Balaban J connectivity index is 2.98. The zero-order chi connectivity index (χ0) is 7.98. The Kier molecular flexibility index (Phi) is 4.99. The van der Waals surface area contributed by atoms with Crippen molar-refractivity contribution in [3.63, 3.8) is 0 Å². The molecule has 0 saturated carbocycles. The van der Waals surface area contributed by atoms with Gasteiger partial charge < -0.3 is 9.39 Å². The lowest BCUT2D eigenvalue weighted by Gasteiger charge is -2.01. The van der Waals surface area contributed by atoms with Gasteiger partial charge in [-0.2, -0.15) is 5.14 Å². The Bertz CT molecular complexity index is 109. The first kappa shape index (κ1) is 9.47. The van der Waals surface area contributed by atoms with Crippen LogP contribution in [0, 0.1) is 10.1 Å². The summed E-state index contributed by atoms with van der Waals surface area (Å²) in [6, 6.07) is 0. The van der Waals surface area contributed by atoms with E-state index in [0.29, 0.717) is 6.42 Å². The molecular weight excluding hydrogens is 160 g/mol. The summed E-state index contributed by atoms with van der Waals surface area (Å²) in [4.78, 5) is 13.4. The summed E-state index contributed by atoms with van der Waals surface area (Å²) in [5.74, 6) is 0.230. The van der Waals surface area contributed by atoms with Crippen molar-refractivity contribution in [2.24, 2.45) is 5.14 Å². The molecule has 0 aromatic rings. The van der Waals surface area contributed by atoms with Crippen LogP contribution in [0.5, 0.6) is 0 Å². The first-order valence-electron chi connectivity index (χ1n) is 2.53. The Labute approximate surface area is 60.8 Å². The second kappa shape index (κ2) is 5.27. The average Bonchev–Trinajstić information content (AvgIpc) is 1.79. The van der Waals surface area contributed by atoms with Crippen LogP contribution >= 0.6 is 0 Å². The molecule has 0 aliphatic carbocycles. The van der Waals surface area contributed by atoms with Crippen LogP contribution in [0.4, 0.5) is 0 Å². The lowest BCUT2D eigenvalue weighted by molar-refractivity contribution is -0.757. The molecule has 0 aliphatic rings. The van der Waals surface area contributed by atoms with Crippen LogP contribution in [-0.4, -0.2) is 22.0 Å². The van der Waals surface area contributed by atoms with Crippen LogP contribution in [0.3, 0.4) is 0 Å². The van der Waals surface area contributed by atoms with Gasteiger partial charge in [-0.15, -0.1) is 10.1 Å². The van der Waals surface area contributed by atoms with Crippen molar-refractivity contribution < 1.29 is 14.5 Å². The lowest BCUT2D eigenvalue weighted by atomic mass is 10.5. The molecule has 2 N–H and O–H groups in total. The molecule has 0 aromatic carbocycles. The maximum absolute atomic E-state index is 10.2. The SMILES string of the molecule is N[S+]([O-])CCCO[N+](=O)[O-]. The molecule has 0 spiro atoms.